The van der Waals surface area contributed by atoms with E-state index in [-0.39, 0.29) is 11.9 Å². The largest absolute Gasteiger partial charge is 0.348 e. The second-order valence-corrected chi connectivity index (χ2v) is 9.01. The van der Waals surface area contributed by atoms with Crippen molar-refractivity contribution >= 4 is 29.1 Å². The van der Waals surface area contributed by atoms with Gasteiger partial charge in [-0.25, -0.2) is 0 Å². The molecule has 3 aromatic carbocycles. The van der Waals surface area contributed by atoms with Crippen molar-refractivity contribution in [2.45, 2.75) is 32.4 Å². The maximum absolute atomic E-state index is 12.6. The minimum Gasteiger partial charge on any atom is -0.348 e. The number of carbonyl (C=O) groups is 1. The van der Waals surface area contributed by atoms with Crippen LogP contribution in [0.4, 0.5) is 0 Å². The number of likely N-dealkylation sites (tertiary alicyclic amines) is 1. The summed E-state index contributed by atoms with van der Waals surface area (Å²) in [6.45, 7) is 4.72. The summed E-state index contributed by atoms with van der Waals surface area (Å²) in [4.78, 5) is 15.0. The molecule has 1 saturated heterocycles. The molecule has 160 valence electrons. The SMILES string of the molecule is Cc1ccc(-c2cccc(CN3CCCC(NC(=O)c4ccccc4Cl)C3)c2)cc1Cl. The first-order chi connectivity index (χ1) is 15.0. The Morgan fingerprint density at radius 3 is 2.61 bits per heavy atom. The third-order valence-electron chi connectivity index (χ3n) is 5.80. The van der Waals surface area contributed by atoms with Gasteiger partial charge in [-0.15, -0.1) is 0 Å². The topological polar surface area (TPSA) is 32.3 Å². The molecule has 1 aliphatic rings. The van der Waals surface area contributed by atoms with Crippen molar-refractivity contribution in [3.63, 3.8) is 0 Å². The second kappa shape index (κ2) is 9.86. The fourth-order valence-electron chi connectivity index (χ4n) is 4.11. The zero-order chi connectivity index (χ0) is 21.8. The number of amides is 1. The second-order valence-electron chi connectivity index (χ2n) is 8.19. The minimum atomic E-state index is -0.101. The third kappa shape index (κ3) is 5.48. The molecule has 3 nitrogen and oxygen atoms in total. The summed E-state index contributed by atoms with van der Waals surface area (Å²) in [5.41, 5.74) is 5.17. The lowest BCUT2D eigenvalue weighted by Gasteiger charge is -2.33. The normalized spacial score (nSPS) is 16.8. The van der Waals surface area contributed by atoms with Gasteiger partial charge in [0, 0.05) is 24.2 Å². The van der Waals surface area contributed by atoms with Crippen molar-refractivity contribution in [3.05, 3.63) is 93.5 Å². The molecule has 0 saturated carbocycles. The monoisotopic (exact) mass is 452 g/mol. The molecule has 4 rings (SSSR count). The number of rotatable bonds is 5. The molecule has 0 bridgehead atoms. The average Bonchev–Trinajstić information content (AvgIpc) is 2.76. The van der Waals surface area contributed by atoms with E-state index in [0.29, 0.717) is 10.6 Å². The van der Waals surface area contributed by atoms with E-state index in [1.807, 2.05) is 25.1 Å². The lowest BCUT2D eigenvalue weighted by molar-refractivity contribution is 0.0901. The van der Waals surface area contributed by atoms with Crippen LogP contribution >= 0.6 is 23.2 Å². The molecule has 1 fully saturated rings. The molecule has 1 amide bonds. The van der Waals surface area contributed by atoms with Crippen molar-refractivity contribution in [3.8, 4) is 11.1 Å². The zero-order valence-corrected chi connectivity index (χ0v) is 19.1. The van der Waals surface area contributed by atoms with Crippen LogP contribution in [-0.2, 0) is 6.54 Å². The highest BCUT2D eigenvalue weighted by atomic mass is 35.5. The molecule has 0 aliphatic carbocycles. The highest BCUT2D eigenvalue weighted by Gasteiger charge is 2.22. The standard InChI is InChI=1S/C26H26Cl2N2O/c1-18-11-12-21(15-25(18)28)20-7-4-6-19(14-20)16-30-13-5-8-22(17-30)29-26(31)23-9-2-3-10-24(23)27/h2-4,6-7,9-12,14-15,22H,5,8,13,16-17H2,1H3,(H,29,31). The summed E-state index contributed by atoms with van der Waals surface area (Å²) in [7, 11) is 0. The van der Waals surface area contributed by atoms with Crippen LogP contribution in [0, 0.1) is 6.92 Å². The summed E-state index contributed by atoms with van der Waals surface area (Å²) in [5, 5.41) is 4.44. The number of carbonyl (C=O) groups excluding carboxylic acids is 1. The van der Waals surface area contributed by atoms with Gasteiger partial charge in [-0.2, -0.15) is 0 Å². The van der Waals surface area contributed by atoms with Gasteiger partial charge in [0.05, 0.1) is 10.6 Å². The van der Waals surface area contributed by atoms with Crippen LogP contribution in [-0.4, -0.2) is 29.9 Å². The molecular formula is C26H26Cl2N2O. The first-order valence-corrected chi connectivity index (χ1v) is 11.4. The number of piperidine rings is 1. The number of benzene rings is 3. The Kier molecular flexibility index (Phi) is 6.96. The van der Waals surface area contributed by atoms with Gasteiger partial charge in [-0.1, -0.05) is 65.7 Å². The zero-order valence-electron chi connectivity index (χ0n) is 17.6. The van der Waals surface area contributed by atoms with Crippen LogP contribution in [0.3, 0.4) is 0 Å². The van der Waals surface area contributed by atoms with Gasteiger partial charge in [0.25, 0.3) is 5.91 Å². The van der Waals surface area contributed by atoms with Gasteiger partial charge < -0.3 is 5.32 Å². The van der Waals surface area contributed by atoms with Crippen LogP contribution in [0.15, 0.2) is 66.7 Å². The highest BCUT2D eigenvalue weighted by Crippen LogP contribution is 2.26. The quantitative estimate of drug-likeness (QED) is 0.487. The van der Waals surface area contributed by atoms with Gasteiger partial charge in [0.15, 0.2) is 0 Å². The molecule has 3 aromatic rings. The van der Waals surface area contributed by atoms with Crippen molar-refractivity contribution in [1.82, 2.24) is 10.2 Å². The molecule has 5 heteroatoms. The first-order valence-electron chi connectivity index (χ1n) is 10.6. The molecule has 1 unspecified atom stereocenters. The maximum atomic E-state index is 12.6. The number of hydrogen-bond donors (Lipinski definition) is 1. The fourth-order valence-corrected chi connectivity index (χ4v) is 4.51. The smallest absolute Gasteiger partial charge is 0.253 e. The Labute approximate surface area is 194 Å². The van der Waals surface area contributed by atoms with Crippen LogP contribution < -0.4 is 5.32 Å². The summed E-state index contributed by atoms with van der Waals surface area (Å²) >= 11 is 12.5. The molecule has 0 aromatic heterocycles. The van der Waals surface area contributed by atoms with E-state index >= 15 is 0 Å². The molecule has 31 heavy (non-hydrogen) atoms. The molecule has 1 aliphatic heterocycles. The molecule has 0 radical (unpaired) electrons. The van der Waals surface area contributed by atoms with Gasteiger partial charge in [0.2, 0.25) is 0 Å². The first kappa shape index (κ1) is 21.9. The third-order valence-corrected chi connectivity index (χ3v) is 6.53. The van der Waals surface area contributed by atoms with E-state index in [9.17, 15) is 4.79 Å². The van der Waals surface area contributed by atoms with Gasteiger partial charge in [0.1, 0.15) is 0 Å². The summed E-state index contributed by atoms with van der Waals surface area (Å²) < 4.78 is 0. The predicted molar refractivity (Wildman–Crippen MR) is 129 cm³/mol. The van der Waals surface area contributed by atoms with Crippen LogP contribution in [0.1, 0.15) is 34.3 Å². The van der Waals surface area contributed by atoms with E-state index in [1.54, 1.807) is 12.1 Å². The minimum absolute atomic E-state index is 0.101. The van der Waals surface area contributed by atoms with E-state index < -0.39 is 0 Å². The highest BCUT2D eigenvalue weighted by molar-refractivity contribution is 6.33. The number of aryl methyl sites for hydroxylation is 1. The number of nitrogens with one attached hydrogen (secondary N) is 1. The number of nitrogens with zero attached hydrogens (tertiary/aromatic N) is 1. The average molecular weight is 453 g/mol. The lowest BCUT2D eigenvalue weighted by Crippen LogP contribution is -2.47. The summed E-state index contributed by atoms with van der Waals surface area (Å²) in [5.74, 6) is -0.101. The summed E-state index contributed by atoms with van der Waals surface area (Å²) in [6, 6.07) is 22.1. The Balaban J connectivity index is 1.41. The Hall–Kier alpha value is -2.33. The summed E-state index contributed by atoms with van der Waals surface area (Å²) in [6.07, 6.45) is 2.04. The molecule has 1 heterocycles. The number of hydrogen-bond acceptors (Lipinski definition) is 2. The Morgan fingerprint density at radius 1 is 1.00 bits per heavy atom. The lowest BCUT2D eigenvalue weighted by atomic mass is 10.0. The number of halogens is 2. The van der Waals surface area contributed by atoms with E-state index in [2.05, 4.69) is 46.6 Å². The molecular weight excluding hydrogens is 427 g/mol. The van der Waals surface area contributed by atoms with Crippen LogP contribution in [0.2, 0.25) is 10.0 Å². The Bertz CT molecular complexity index is 1080. The predicted octanol–water partition coefficient (Wildman–Crippen LogP) is 6.36. The van der Waals surface area contributed by atoms with Crippen LogP contribution in [0.25, 0.3) is 11.1 Å². The van der Waals surface area contributed by atoms with Gasteiger partial charge in [-0.05, 0) is 72.8 Å². The van der Waals surface area contributed by atoms with Gasteiger partial charge in [-0.3, -0.25) is 9.69 Å². The molecule has 1 N–H and O–H groups in total. The van der Waals surface area contributed by atoms with Crippen molar-refractivity contribution in [1.29, 1.82) is 0 Å². The van der Waals surface area contributed by atoms with Crippen molar-refractivity contribution in [2.75, 3.05) is 13.1 Å². The fraction of sp³-hybridized carbons (Fsp3) is 0.269. The molecule has 1 atom stereocenters. The molecule has 0 spiro atoms. The van der Waals surface area contributed by atoms with Crippen molar-refractivity contribution in [2.24, 2.45) is 0 Å². The van der Waals surface area contributed by atoms with Gasteiger partial charge >= 0.3 is 0 Å². The van der Waals surface area contributed by atoms with E-state index in [4.69, 9.17) is 23.2 Å². The Morgan fingerprint density at radius 2 is 1.81 bits per heavy atom. The van der Waals surface area contributed by atoms with E-state index in [1.165, 1.54) is 11.1 Å². The van der Waals surface area contributed by atoms with E-state index in [0.717, 1.165) is 48.6 Å². The van der Waals surface area contributed by atoms with Crippen molar-refractivity contribution < 1.29 is 4.79 Å². The van der Waals surface area contributed by atoms with Crippen LogP contribution in [0.5, 0.6) is 0 Å². The maximum Gasteiger partial charge on any atom is 0.253 e.